The number of carbonyl (C=O) groups is 1. The highest BCUT2D eigenvalue weighted by molar-refractivity contribution is 7.90. The summed E-state index contributed by atoms with van der Waals surface area (Å²) in [5, 5.41) is -0.685. The van der Waals surface area contributed by atoms with Crippen LogP contribution in [-0.2, 0) is 27.6 Å². The minimum atomic E-state index is -3.62. The van der Waals surface area contributed by atoms with Crippen LogP contribution < -0.4 is 10.6 Å². The van der Waals surface area contributed by atoms with Crippen LogP contribution in [0.3, 0.4) is 0 Å². The minimum Gasteiger partial charge on any atom is -0.443 e. The SMILES string of the molecule is C=CC(CCc1ccccc1)S(=O)(=O)n1ccc(/C=C/CN(CCCCC)c2ccccc2CC(C)(C)OC(N)=O)c1. The van der Waals surface area contributed by atoms with Gasteiger partial charge < -0.3 is 15.4 Å². The normalized spacial score (nSPS) is 12.7. The molecule has 3 rings (SSSR count). The van der Waals surface area contributed by atoms with Gasteiger partial charge in [0, 0.05) is 37.6 Å². The molecule has 0 spiro atoms. The van der Waals surface area contributed by atoms with Gasteiger partial charge in [0.1, 0.15) is 5.60 Å². The third-order valence-electron chi connectivity index (χ3n) is 7.18. The third-order valence-corrected chi connectivity index (χ3v) is 9.19. The molecule has 42 heavy (non-hydrogen) atoms. The fraction of sp³-hybridized carbons (Fsp3) is 0.382. The summed E-state index contributed by atoms with van der Waals surface area (Å²) in [6, 6.07) is 19.8. The predicted molar refractivity (Wildman–Crippen MR) is 173 cm³/mol. The lowest BCUT2D eigenvalue weighted by atomic mass is 9.96. The number of hydrogen-bond acceptors (Lipinski definition) is 5. The number of aryl methyl sites for hydroxylation is 1. The molecular formula is C34H45N3O4S. The molecule has 2 N–H and O–H groups in total. The number of rotatable bonds is 17. The summed E-state index contributed by atoms with van der Waals surface area (Å²) < 4.78 is 33.4. The first kappa shape index (κ1) is 32.7. The molecule has 3 aromatic rings. The maximum Gasteiger partial charge on any atom is 0.405 e. The van der Waals surface area contributed by atoms with Gasteiger partial charge in [-0.15, -0.1) is 6.58 Å². The van der Waals surface area contributed by atoms with E-state index in [0.717, 1.165) is 48.2 Å². The van der Waals surface area contributed by atoms with E-state index >= 15 is 0 Å². The van der Waals surface area contributed by atoms with Crippen molar-refractivity contribution in [3.8, 4) is 0 Å². The number of primary amides is 1. The number of amides is 1. The van der Waals surface area contributed by atoms with E-state index in [1.807, 2.05) is 68.5 Å². The Morgan fingerprint density at radius 1 is 1.10 bits per heavy atom. The van der Waals surface area contributed by atoms with E-state index in [2.05, 4.69) is 36.6 Å². The summed E-state index contributed by atoms with van der Waals surface area (Å²) in [5.74, 6) is 0. The van der Waals surface area contributed by atoms with Gasteiger partial charge >= 0.3 is 6.09 Å². The zero-order valence-corrected chi connectivity index (χ0v) is 25.9. The third kappa shape index (κ3) is 9.65. The van der Waals surface area contributed by atoms with Crippen molar-refractivity contribution in [2.45, 2.75) is 70.1 Å². The highest BCUT2D eigenvalue weighted by atomic mass is 32.2. The van der Waals surface area contributed by atoms with Gasteiger partial charge in [0.2, 0.25) is 10.0 Å². The Kier molecular flexibility index (Phi) is 12.0. The monoisotopic (exact) mass is 591 g/mol. The zero-order valence-electron chi connectivity index (χ0n) is 25.1. The Labute approximate surface area is 251 Å². The van der Waals surface area contributed by atoms with Gasteiger partial charge in [-0.1, -0.05) is 86.5 Å². The molecule has 0 bridgehead atoms. The number of benzene rings is 2. The summed E-state index contributed by atoms with van der Waals surface area (Å²) in [7, 11) is -3.62. The van der Waals surface area contributed by atoms with Crippen LogP contribution in [0.25, 0.3) is 6.08 Å². The summed E-state index contributed by atoms with van der Waals surface area (Å²) in [5.41, 5.74) is 8.61. The Balaban J connectivity index is 1.74. The van der Waals surface area contributed by atoms with Crippen molar-refractivity contribution in [1.29, 1.82) is 0 Å². The van der Waals surface area contributed by atoms with E-state index in [1.165, 1.54) is 10.0 Å². The van der Waals surface area contributed by atoms with Crippen LogP contribution in [0.1, 0.15) is 63.1 Å². The summed E-state index contributed by atoms with van der Waals surface area (Å²) in [4.78, 5) is 13.7. The number of anilines is 1. The second-order valence-corrected chi connectivity index (χ2v) is 13.2. The van der Waals surface area contributed by atoms with Crippen molar-refractivity contribution in [3.05, 3.63) is 108 Å². The lowest BCUT2D eigenvalue weighted by Gasteiger charge is -2.30. The van der Waals surface area contributed by atoms with Crippen LogP contribution in [0.2, 0.25) is 0 Å². The fourth-order valence-corrected chi connectivity index (χ4v) is 6.53. The summed E-state index contributed by atoms with van der Waals surface area (Å²) >= 11 is 0. The Morgan fingerprint density at radius 3 is 2.50 bits per heavy atom. The number of nitrogens with two attached hydrogens (primary N) is 1. The lowest BCUT2D eigenvalue weighted by Crippen LogP contribution is -2.34. The zero-order chi connectivity index (χ0) is 30.6. The van der Waals surface area contributed by atoms with Crippen molar-refractivity contribution < 1.29 is 17.9 Å². The Morgan fingerprint density at radius 2 is 1.81 bits per heavy atom. The van der Waals surface area contributed by atoms with Gasteiger partial charge in [-0.3, -0.25) is 3.97 Å². The van der Waals surface area contributed by atoms with Gasteiger partial charge in [-0.05, 0) is 61.9 Å². The van der Waals surface area contributed by atoms with E-state index in [1.54, 1.807) is 12.4 Å². The topological polar surface area (TPSA) is 94.6 Å². The molecule has 8 heteroatoms. The first-order valence-corrected chi connectivity index (χ1v) is 16.1. The molecule has 1 heterocycles. The number of carbonyl (C=O) groups excluding carboxylic acids is 1. The molecule has 1 amide bonds. The molecule has 0 aliphatic rings. The Bertz CT molecular complexity index is 1430. The molecule has 0 saturated carbocycles. The fourth-order valence-electron chi connectivity index (χ4n) is 5.06. The second-order valence-electron chi connectivity index (χ2n) is 11.2. The number of unbranched alkanes of at least 4 members (excludes halogenated alkanes) is 2. The average molecular weight is 592 g/mol. The largest absolute Gasteiger partial charge is 0.443 e. The average Bonchev–Trinajstić information content (AvgIpc) is 3.42. The van der Waals surface area contributed by atoms with Gasteiger partial charge in [-0.2, -0.15) is 0 Å². The molecule has 0 radical (unpaired) electrons. The van der Waals surface area contributed by atoms with Crippen molar-refractivity contribution >= 4 is 27.9 Å². The maximum absolute atomic E-state index is 13.4. The van der Waals surface area contributed by atoms with Crippen LogP contribution >= 0.6 is 0 Å². The number of hydrogen-bond donors (Lipinski definition) is 1. The van der Waals surface area contributed by atoms with Crippen molar-refractivity contribution in [2.75, 3.05) is 18.0 Å². The van der Waals surface area contributed by atoms with E-state index in [-0.39, 0.29) is 0 Å². The van der Waals surface area contributed by atoms with E-state index in [4.69, 9.17) is 10.5 Å². The van der Waals surface area contributed by atoms with Crippen LogP contribution in [0, 0.1) is 0 Å². The van der Waals surface area contributed by atoms with Crippen LogP contribution in [0.4, 0.5) is 10.5 Å². The molecule has 1 unspecified atom stereocenters. The number of para-hydroxylation sites is 1. The summed E-state index contributed by atoms with van der Waals surface area (Å²) in [6.45, 7) is 11.2. The quantitative estimate of drug-likeness (QED) is 0.135. The van der Waals surface area contributed by atoms with E-state index in [9.17, 15) is 13.2 Å². The van der Waals surface area contributed by atoms with Crippen LogP contribution in [0.5, 0.6) is 0 Å². The first-order valence-electron chi connectivity index (χ1n) is 14.6. The molecule has 1 aromatic heterocycles. The second kappa shape index (κ2) is 15.4. The molecule has 1 atom stereocenters. The highest BCUT2D eigenvalue weighted by Gasteiger charge is 2.25. The standard InChI is InChI=1S/C34H45N3O4S/c1-5-7-13-23-36(32-19-12-11-18-30(32)26-34(3,4)41-33(35)38)24-14-17-29-22-25-37(27-29)42(39,40)31(6-2)21-20-28-15-9-8-10-16-28/h6,8-12,14-19,22,25,27,31H,2,5,7,13,20-21,23-24,26H2,1,3-4H3,(H2,35,38)/b17-14+. The first-order chi connectivity index (χ1) is 20.1. The molecule has 0 aliphatic heterocycles. The molecule has 0 saturated heterocycles. The molecule has 0 aliphatic carbocycles. The van der Waals surface area contributed by atoms with Crippen LogP contribution in [0.15, 0.2) is 91.8 Å². The van der Waals surface area contributed by atoms with E-state index < -0.39 is 27.0 Å². The van der Waals surface area contributed by atoms with Gasteiger partial charge in [0.15, 0.2) is 0 Å². The highest BCUT2D eigenvalue weighted by Crippen LogP contribution is 2.27. The van der Waals surface area contributed by atoms with Gasteiger partial charge in [-0.25, -0.2) is 13.2 Å². The maximum atomic E-state index is 13.4. The molecule has 2 aromatic carbocycles. The minimum absolute atomic E-state index is 0.465. The lowest BCUT2D eigenvalue weighted by molar-refractivity contribution is 0.0461. The molecule has 0 fully saturated rings. The smallest absolute Gasteiger partial charge is 0.405 e. The van der Waals surface area contributed by atoms with E-state index in [0.29, 0.717) is 25.8 Å². The van der Waals surface area contributed by atoms with Crippen molar-refractivity contribution in [2.24, 2.45) is 5.73 Å². The van der Waals surface area contributed by atoms with Crippen molar-refractivity contribution in [3.63, 3.8) is 0 Å². The predicted octanol–water partition coefficient (Wildman–Crippen LogP) is 6.98. The van der Waals surface area contributed by atoms with Crippen LogP contribution in [-0.4, -0.2) is 42.4 Å². The molecule has 7 nitrogen and oxygen atoms in total. The number of nitrogens with zero attached hydrogens (tertiary/aromatic N) is 2. The molecular weight excluding hydrogens is 546 g/mol. The number of aromatic nitrogens is 1. The molecule has 226 valence electrons. The summed E-state index contributed by atoms with van der Waals surface area (Å²) in [6.07, 6.45) is 12.9. The van der Waals surface area contributed by atoms with Crippen molar-refractivity contribution in [1.82, 2.24) is 3.97 Å². The number of ether oxygens (including phenoxy) is 1. The van der Waals surface area contributed by atoms with Gasteiger partial charge in [0.05, 0.1) is 5.25 Å². The Hall–Kier alpha value is -3.78. The van der Waals surface area contributed by atoms with Gasteiger partial charge in [0.25, 0.3) is 0 Å².